The summed E-state index contributed by atoms with van der Waals surface area (Å²) < 4.78 is 10.4. The number of nitro groups is 1. The zero-order valence-electron chi connectivity index (χ0n) is 12.8. The number of nitrogens with two attached hydrogens (primary N) is 1. The number of rotatable bonds is 4. The lowest BCUT2D eigenvalue weighted by molar-refractivity contribution is -0.385. The first-order chi connectivity index (χ1) is 11.0. The number of hydrogen-bond donors (Lipinski definition) is 1. The van der Waals surface area contributed by atoms with Gasteiger partial charge in [0.2, 0.25) is 0 Å². The molecular formula is C15H18N4O4. The Labute approximate surface area is 132 Å². The Morgan fingerprint density at radius 2 is 2.09 bits per heavy atom. The predicted molar refractivity (Wildman–Crippen MR) is 81.9 cm³/mol. The molecule has 0 amide bonds. The molecule has 8 heteroatoms. The van der Waals surface area contributed by atoms with Gasteiger partial charge in [-0.15, -0.1) is 0 Å². The van der Waals surface area contributed by atoms with Crippen LogP contribution in [0.3, 0.4) is 0 Å². The number of ether oxygens (including phenoxy) is 1. The Balaban J connectivity index is 1.92. The molecule has 1 heterocycles. The van der Waals surface area contributed by atoms with E-state index in [4.69, 9.17) is 15.0 Å². The fraction of sp³-hybridized carbons (Fsp3) is 0.467. The summed E-state index contributed by atoms with van der Waals surface area (Å²) in [7, 11) is 1.38. The van der Waals surface area contributed by atoms with Crippen molar-refractivity contribution in [2.24, 2.45) is 5.73 Å². The van der Waals surface area contributed by atoms with E-state index in [2.05, 4.69) is 10.1 Å². The van der Waals surface area contributed by atoms with Crippen molar-refractivity contribution in [2.75, 3.05) is 7.11 Å². The zero-order chi connectivity index (χ0) is 16.4. The van der Waals surface area contributed by atoms with Gasteiger partial charge in [-0.1, -0.05) is 24.4 Å². The first-order valence-electron chi connectivity index (χ1n) is 7.49. The van der Waals surface area contributed by atoms with Crippen LogP contribution in [-0.2, 0) is 5.54 Å². The van der Waals surface area contributed by atoms with Gasteiger partial charge < -0.3 is 15.0 Å². The van der Waals surface area contributed by atoms with E-state index >= 15 is 0 Å². The van der Waals surface area contributed by atoms with Gasteiger partial charge in [0.1, 0.15) is 0 Å². The summed E-state index contributed by atoms with van der Waals surface area (Å²) in [5.41, 5.74) is 6.29. The molecule has 2 aromatic rings. The normalized spacial score (nSPS) is 17.0. The summed E-state index contributed by atoms with van der Waals surface area (Å²) in [6.07, 6.45) is 4.92. The summed E-state index contributed by atoms with van der Waals surface area (Å²) in [6.45, 7) is 0. The molecule has 3 rings (SSSR count). The Kier molecular flexibility index (Phi) is 3.99. The van der Waals surface area contributed by atoms with E-state index in [0.29, 0.717) is 11.4 Å². The Morgan fingerprint density at radius 3 is 2.74 bits per heavy atom. The second-order valence-corrected chi connectivity index (χ2v) is 5.78. The topological polar surface area (TPSA) is 117 Å². The fourth-order valence-corrected chi connectivity index (χ4v) is 2.91. The quantitative estimate of drug-likeness (QED) is 0.680. The average Bonchev–Trinajstić information content (AvgIpc) is 3.05. The lowest BCUT2D eigenvalue weighted by Crippen LogP contribution is -2.39. The number of methoxy groups -OCH3 is 1. The number of benzene rings is 1. The Bertz CT molecular complexity index is 722. The highest BCUT2D eigenvalue weighted by Gasteiger charge is 2.34. The molecule has 0 aliphatic heterocycles. The van der Waals surface area contributed by atoms with Crippen molar-refractivity contribution in [3.8, 4) is 17.2 Å². The molecule has 1 saturated carbocycles. The maximum absolute atomic E-state index is 10.9. The van der Waals surface area contributed by atoms with E-state index in [1.807, 2.05) is 0 Å². The molecule has 1 fully saturated rings. The summed E-state index contributed by atoms with van der Waals surface area (Å²) in [6, 6.07) is 4.43. The highest BCUT2D eigenvalue weighted by Crippen LogP contribution is 2.35. The van der Waals surface area contributed by atoms with Crippen LogP contribution in [0.1, 0.15) is 37.9 Å². The van der Waals surface area contributed by atoms with Crippen LogP contribution in [0.15, 0.2) is 22.7 Å². The standard InChI is InChI=1S/C15H18N4O4/c1-22-12-9-10(5-6-11(12)19(20)21)13-17-14(18-23-13)15(16)7-3-2-4-8-15/h5-6,9H,2-4,7-8,16H2,1H3. The molecule has 8 nitrogen and oxygen atoms in total. The molecule has 122 valence electrons. The first kappa shape index (κ1) is 15.4. The summed E-state index contributed by atoms with van der Waals surface area (Å²) in [4.78, 5) is 14.8. The third kappa shape index (κ3) is 2.89. The van der Waals surface area contributed by atoms with Crippen LogP contribution in [0, 0.1) is 10.1 Å². The second kappa shape index (κ2) is 5.96. The molecule has 1 aromatic carbocycles. The molecule has 0 unspecified atom stereocenters. The minimum absolute atomic E-state index is 0.112. The number of hydrogen-bond acceptors (Lipinski definition) is 7. The largest absolute Gasteiger partial charge is 0.490 e. The van der Waals surface area contributed by atoms with Crippen LogP contribution >= 0.6 is 0 Å². The number of nitrogens with zero attached hydrogens (tertiary/aromatic N) is 3. The number of aromatic nitrogens is 2. The maximum Gasteiger partial charge on any atom is 0.310 e. The van der Waals surface area contributed by atoms with Crippen molar-refractivity contribution in [3.05, 3.63) is 34.1 Å². The van der Waals surface area contributed by atoms with Crippen LogP contribution in [-0.4, -0.2) is 22.2 Å². The van der Waals surface area contributed by atoms with Gasteiger partial charge in [-0.05, 0) is 18.9 Å². The molecular weight excluding hydrogens is 300 g/mol. The molecule has 1 aliphatic carbocycles. The van der Waals surface area contributed by atoms with Crippen LogP contribution < -0.4 is 10.5 Å². The summed E-state index contributed by atoms with van der Waals surface area (Å²) in [5.74, 6) is 0.917. The molecule has 1 aromatic heterocycles. The van der Waals surface area contributed by atoms with Crippen molar-refractivity contribution in [2.45, 2.75) is 37.6 Å². The van der Waals surface area contributed by atoms with E-state index in [1.54, 1.807) is 6.07 Å². The third-order valence-corrected chi connectivity index (χ3v) is 4.24. The van der Waals surface area contributed by atoms with E-state index < -0.39 is 10.5 Å². The highest BCUT2D eigenvalue weighted by molar-refractivity contribution is 5.62. The maximum atomic E-state index is 10.9. The summed E-state index contributed by atoms with van der Waals surface area (Å²) in [5, 5.41) is 15.0. The van der Waals surface area contributed by atoms with Crippen molar-refractivity contribution in [3.63, 3.8) is 0 Å². The molecule has 0 atom stereocenters. The Morgan fingerprint density at radius 1 is 1.35 bits per heavy atom. The third-order valence-electron chi connectivity index (χ3n) is 4.24. The van der Waals surface area contributed by atoms with Crippen molar-refractivity contribution in [1.82, 2.24) is 10.1 Å². The fourth-order valence-electron chi connectivity index (χ4n) is 2.91. The molecule has 1 aliphatic rings. The van der Waals surface area contributed by atoms with Crippen LogP contribution in [0.2, 0.25) is 0 Å². The van der Waals surface area contributed by atoms with Crippen LogP contribution in [0.25, 0.3) is 11.5 Å². The van der Waals surface area contributed by atoms with Crippen LogP contribution in [0.5, 0.6) is 5.75 Å². The molecule has 2 N–H and O–H groups in total. The minimum atomic E-state index is -0.551. The Hall–Kier alpha value is -2.48. The SMILES string of the molecule is COc1cc(-c2nc(C3(N)CCCCC3)no2)ccc1[N+](=O)[O-]. The predicted octanol–water partition coefficient (Wildman–Crippen LogP) is 2.77. The zero-order valence-corrected chi connectivity index (χ0v) is 12.8. The van der Waals surface area contributed by atoms with Gasteiger partial charge in [-0.3, -0.25) is 10.1 Å². The van der Waals surface area contributed by atoms with Crippen molar-refractivity contribution in [1.29, 1.82) is 0 Å². The van der Waals surface area contributed by atoms with E-state index in [1.165, 1.54) is 25.7 Å². The van der Waals surface area contributed by atoms with Gasteiger partial charge in [0.25, 0.3) is 5.89 Å². The lowest BCUT2D eigenvalue weighted by Gasteiger charge is -2.29. The van der Waals surface area contributed by atoms with Gasteiger partial charge in [-0.25, -0.2) is 0 Å². The average molecular weight is 318 g/mol. The summed E-state index contributed by atoms with van der Waals surface area (Å²) >= 11 is 0. The van der Waals surface area contributed by atoms with E-state index in [0.717, 1.165) is 25.7 Å². The lowest BCUT2D eigenvalue weighted by atomic mass is 9.82. The molecule has 23 heavy (non-hydrogen) atoms. The minimum Gasteiger partial charge on any atom is -0.490 e. The van der Waals surface area contributed by atoms with E-state index in [-0.39, 0.29) is 17.3 Å². The van der Waals surface area contributed by atoms with Crippen LogP contribution in [0.4, 0.5) is 5.69 Å². The van der Waals surface area contributed by atoms with Crippen molar-refractivity contribution >= 4 is 5.69 Å². The number of nitro benzene ring substituents is 1. The second-order valence-electron chi connectivity index (χ2n) is 5.78. The molecule has 0 radical (unpaired) electrons. The van der Waals surface area contributed by atoms with Crippen molar-refractivity contribution < 1.29 is 14.2 Å². The first-order valence-corrected chi connectivity index (χ1v) is 7.49. The van der Waals surface area contributed by atoms with E-state index in [9.17, 15) is 10.1 Å². The molecule has 0 bridgehead atoms. The smallest absolute Gasteiger partial charge is 0.310 e. The van der Waals surface area contributed by atoms with Gasteiger partial charge in [0.05, 0.1) is 17.6 Å². The van der Waals surface area contributed by atoms with Gasteiger partial charge in [0, 0.05) is 17.7 Å². The van der Waals surface area contributed by atoms with Gasteiger partial charge in [0.15, 0.2) is 11.6 Å². The highest BCUT2D eigenvalue weighted by atomic mass is 16.6. The van der Waals surface area contributed by atoms with Gasteiger partial charge >= 0.3 is 5.69 Å². The van der Waals surface area contributed by atoms with Gasteiger partial charge in [-0.2, -0.15) is 4.98 Å². The molecule has 0 saturated heterocycles. The molecule has 0 spiro atoms. The monoisotopic (exact) mass is 318 g/mol.